The van der Waals surface area contributed by atoms with Gasteiger partial charge < -0.3 is 10.6 Å². The minimum absolute atomic E-state index is 0.00278. The lowest BCUT2D eigenvalue weighted by Gasteiger charge is -2.17. The van der Waals surface area contributed by atoms with Crippen molar-refractivity contribution < 1.29 is 4.79 Å². The van der Waals surface area contributed by atoms with Gasteiger partial charge in [-0.05, 0) is 25.5 Å². The van der Waals surface area contributed by atoms with E-state index in [1.165, 1.54) is 0 Å². The van der Waals surface area contributed by atoms with Gasteiger partial charge in [-0.25, -0.2) is 0 Å². The number of nitrogens with one attached hydrogen (secondary N) is 2. The van der Waals surface area contributed by atoms with Crippen LogP contribution >= 0.6 is 0 Å². The standard InChI is InChI=1S/C13H20N2O/c1-9(2)14-11(4)13(16)15-12-8-6-5-7-10(12)3/h5-9,11,14H,1-4H3,(H,15,16). The van der Waals surface area contributed by atoms with E-state index in [0.717, 1.165) is 11.3 Å². The van der Waals surface area contributed by atoms with E-state index in [9.17, 15) is 4.79 Å². The number of rotatable bonds is 4. The van der Waals surface area contributed by atoms with Crippen molar-refractivity contribution in [1.29, 1.82) is 0 Å². The highest BCUT2D eigenvalue weighted by molar-refractivity contribution is 5.95. The van der Waals surface area contributed by atoms with Crippen LogP contribution in [0.4, 0.5) is 5.69 Å². The van der Waals surface area contributed by atoms with Crippen molar-refractivity contribution in [2.75, 3.05) is 5.32 Å². The summed E-state index contributed by atoms with van der Waals surface area (Å²) in [5.74, 6) is 0.00278. The molecule has 16 heavy (non-hydrogen) atoms. The van der Waals surface area contributed by atoms with E-state index < -0.39 is 0 Å². The Hall–Kier alpha value is -1.35. The number of benzene rings is 1. The van der Waals surface area contributed by atoms with Crippen molar-refractivity contribution in [2.45, 2.75) is 39.8 Å². The number of hydrogen-bond donors (Lipinski definition) is 2. The van der Waals surface area contributed by atoms with Crippen LogP contribution in [0.2, 0.25) is 0 Å². The summed E-state index contributed by atoms with van der Waals surface area (Å²) >= 11 is 0. The van der Waals surface area contributed by atoms with Gasteiger partial charge in [0.15, 0.2) is 0 Å². The molecule has 3 heteroatoms. The van der Waals surface area contributed by atoms with Gasteiger partial charge in [0, 0.05) is 11.7 Å². The SMILES string of the molecule is Cc1ccccc1NC(=O)C(C)NC(C)C. The Bertz CT molecular complexity index is 361. The minimum atomic E-state index is -0.181. The van der Waals surface area contributed by atoms with Gasteiger partial charge in [-0.1, -0.05) is 32.0 Å². The molecule has 0 aliphatic rings. The van der Waals surface area contributed by atoms with Crippen molar-refractivity contribution in [3.8, 4) is 0 Å². The summed E-state index contributed by atoms with van der Waals surface area (Å²) in [5, 5.41) is 6.08. The maximum absolute atomic E-state index is 11.8. The normalized spacial score (nSPS) is 12.6. The van der Waals surface area contributed by atoms with Crippen LogP contribution in [-0.2, 0) is 4.79 Å². The molecule has 0 radical (unpaired) electrons. The first-order valence-electron chi connectivity index (χ1n) is 5.63. The molecule has 0 fully saturated rings. The molecule has 1 aromatic carbocycles. The smallest absolute Gasteiger partial charge is 0.241 e. The highest BCUT2D eigenvalue weighted by Crippen LogP contribution is 2.13. The van der Waals surface area contributed by atoms with Gasteiger partial charge >= 0.3 is 0 Å². The van der Waals surface area contributed by atoms with Crippen LogP contribution in [0.5, 0.6) is 0 Å². The molecule has 2 N–H and O–H groups in total. The maximum atomic E-state index is 11.8. The molecule has 0 aliphatic heterocycles. The summed E-state index contributed by atoms with van der Waals surface area (Å²) in [7, 11) is 0. The van der Waals surface area contributed by atoms with Gasteiger partial charge in [0.2, 0.25) is 5.91 Å². The number of carbonyl (C=O) groups excluding carboxylic acids is 1. The molecule has 0 saturated carbocycles. The van der Waals surface area contributed by atoms with Gasteiger partial charge in [0.05, 0.1) is 6.04 Å². The fourth-order valence-electron chi connectivity index (χ4n) is 1.53. The zero-order chi connectivity index (χ0) is 12.1. The second-order valence-electron chi connectivity index (χ2n) is 4.35. The fourth-order valence-corrected chi connectivity index (χ4v) is 1.53. The largest absolute Gasteiger partial charge is 0.324 e. The van der Waals surface area contributed by atoms with E-state index in [-0.39, 0.29) is 11.9 Å². The zero-order valence-corrected chi connectivity index (χ0v) is 10.4. The third-order valence-electron chi connectivity index (χ3n) is 2.38. The van der Waals surface area contributed by atoms with Crippen molar-refractivity contribution in [3.63, 3.8) is 0 Å². The first kappa shape index (κ1) is 12.7. The van der Waals surface area contributed by atoms with Gasteiger partial charge in [0.25, 0.3) is 0 Å². The third kappa shape index (κ3) is 3.66. The Morgan fingerprint density at radius 3 is 2.38 bits per heavy atom. The number of aryl methyl sites for hydroxylation is 1. The molecule has 3 nitrogen and oxygen atoms in total. The molecule has 0 bridgehead atoms. The molecule has 1 unspecified atom stereocenters. The summed E-state index contributed by atoms with van der Waals surface area (Å²) in [4.78, 5) is 11.8. The first-order valence-corrected chi connectivity index (χ1v) is 5.63. The Morgan fingerprint density at radius 2 is 1.81 bits per heavy atom. The van der Waals surface area contributed by atoms with E-state index in [0.29, 0.717) is 6.04 Å². The minimum Gasteiger partial charge on any atom is -0.324 e. The molecule has 0 aromatic heterocycles. The summed E-state index contributed by atoms with van der Waals surface area (Å²) in [5.41, 5.74) is 1.96. The van der Waals surface area contributed by atoms with Crippen molar-refractivity contribution in [2.24, 2.45) is 0 Å². The molecular weight excluding hydrogens is 200 g/mol. The van der Waals surface area contributed by atoms with Crippen molar-refractivity contribution in [1.82, 2.24) is 5.32 Å². The second-order valence-corrected chi connectivity index (χ2v) is 4.35. The lowest BCUT2D eigenvalue weighted by molar-refractivity contribution is -0.117. The highest BCUT2D eigenvalue weighted by Gasteiger charge is 2.13. The summed E-state index contributed by atoms with van der Waals surface area (Å²) in [6.45, 7) is 7.90. The molecule has 1 rings (SSSR count). The van der Waals surface area contributed by atoms with Crippen molar-refractivity contribution in [3.05, 3.63) is 29.8 Å². The third-order valence-corrected chi connectivity index (χ3v) is 2.38. The predicted octanol–water partition coefficient (Wildman–Crippen LogP) is 2.32. The number of anilines is 1. The lowest BCUT2D eigenvalue weighted by Crippen LogP contribution is -2.41. The highest BCUT2D eigenvalue weighted by atomic mass is 16.2. The fraction of sp³-hybridized carbons (Fsp3) is 0.462. The Balaban J connectivity index is 2.61. The molecular formula is C13H20N2O. The van der Waals surface area contributed by atoms with Crippen molar-refractivity contribution >= 4 is 11.6 Å². The number of amides is 1. The molecule has 0 heterocycles. The van der Waals surface area contributed by atoms with Gasteiger partial charge in [-0.15, -0.1) is 0 Å². The monoisotopic (exact) mass is 220 g/mol. The van der Waals surface area contributed by atoms with Gasteiger partial charge in [-0.3, -0.25) is 4.79 Å². The number of para-hydroxylation sites is 1. The molecule has 1 aromatic rings. The second kappa shape index (κ2) is 5.66. The number of hydrogen-bond acceptors (Lipinski definition) is 2. The van der Waals surface area contributed by atoms with Gasteiger partial charge in [0.1, 0.15) is 0 Å². The van der Waals surface area contributed by atoms with E-state index >= 15 is 0 Å². The molecule has 1 atom stereocenters. The zero-order valence-electron chi connectivity index (χ0n) is 10.4. The molecule has 1 amide bonds. The summed E-state index contributed by atoms with van der Waals surface area (Å²) in [6, 6.07) is 7.90. The first-order chi connectivity index (χ1) is 7.50. The van der Waals surface area contributed by atoms with Crippen LogP contribution in [0.25, 0.3) is 0 Å². The quantitative estimate of drug-likeness (QED) is 0.817. The topological polar surface area (TPSA) is 41.1 Å². The lowest BCUT2D eigenvalue weighted by atomic mass is 10.2. The van der Waals surface area contributed by atoms with E-state index in [1.807, 2.05) is 52.0 Å². The van der Waals surface area contributed by atoms with E-state index in [4.69, 9.17) is 0 Å². The van der Waals surface area contributed by atoms with E-state index in [2.05, 4.69) is 10.6 Å². The van der Waals surface area contributed by atoms with Crippen LogP contribution in [0.3, 0.4) is 0 Å². The van der Waals surface area contributed by atoms with Crippen LogP contribution < -0.4 is 10.6 Å². The molecule has 0 spiro atoms. The Labute approximate surface area is 97.2 Å². The molecule has 88 valence electrons. The maximum Gasteiger partial charge on any atom is 0.241 e. The van der Waals surface area contributed by atoms with Crippen LogP contribution in [0.1, 0.15) is 26.3 Å². The molecule has 0 aliphatic carbocycles. The van der Waals surface area contributed by atoms with E-state index in [1.54, 1.807) is 0 Å². The van der Waals surface area contributed by atoms with Crippen LogP contribution in [0.15, 0.2) is 24.3 Å². The van der Waals surface area contributed by atoms with Gasteiger partial charge in [-0.2, -0.15) is 0 Å². The number of carbonyl (C=O) groups is 1. The summed E-state index contributed by atoms with van der Waals surface area (Å²) in [6.07, 6.45) is 0. The average Bonchev–Trinajstić information content (AvgIpc) is 2.20. The summed E-state index contributed by atoms with van der Waals surface area (Å²) < 4.78 is 0. The average molecular weight is 220 g/mol. The Kier molecular flexibility index (Phi) is 4.50. The van der Waals surface area contributed by atoms with Crippen LogP contribution in [0, 0.1) is 6.92 Å². The van der Waals surface area contributed by atoms with Crippen LogP contribution in [-0.4, -0.2) is 18.0 Å². The predicted molar refractivity (Wildman–Crippen MR) is 67.5 cm³/mol. The Morgan fingerprint density at radius 1 is 1.19 bits per heavy atom. The molecule has 0 saturated heterocycles.